The Balaban J connectivity index is 1.92. The molecule has 0 spiro atoms. The smallest absolute Gasteiger partial charge is 0.337 e. The Hall–Kier alpha value is -1.84. The molecule has 1 aromatic heterocycles. The average Bonchev–Trinajstić information content (AvgIpc) is 2.82. The summed E-state index contributed by atoms with van der Waals surface area (Å²) >= 11 is 0. The zero-order chi connectivity index (χ0) is 12.1. The molecule has 0 saturated heterocycles. The number of hydrogen-bond acceptors (Lipinski definition) is 3. The summed E-state index contributed by atoms with van der Waals surface area (Å²) in [5.41, 5.74) is 2.34. The fraction of sp³-hybridized carbons (Fsp3) is 0.385. The van der Waals surface area contributed by atoms with Crippen molar-refractivity contribution in [3.63, 3.8) is 0 Å². The number of rotatable bonds is 5. The van der Waals surface area contributed by atoms with Gasteiger partial charge in [0, 0.05) is 12.7 Å². The molecule has 1 aliphatic carbocycles. The van der Waals surface area contributed by atoms with E-state index in [1.807, 2.05) is 0 Å². The minimum atomic E-state index is -0.921. The van der Waals surface area contributed by atoms with Crippen LogP contribution in [0.2, 0.25) is 0 Å². The lowest BCUT2D eigenvalue weighted by atomic mass is 10.1. The van der Waals surface area contributed by atoms with Gasteiger partial charge in [0.2, 0.25) is 0 Å². The van der Waals surface area contributed by atoms with Crippen LogP contribution in [-0.2, 0) is 0 Å². The molecule has 4 nitrogen and oxygen atoms in total. The molecule has 1 heterocycles. The third kappa shape index (κ3) is 3.06. The Morgan fingerprint density at radius 1 is 1.53 bits per heavy atom. The normalized spacial score (nSPS) is 14.5. The highest BCUT2D eigenvalue weighted by Gasteiger charge is 2.09. The van der Waals surface area contributed by atoms with Crippen molar-refractivity contribution < 1.29 is 9.90 Å². The molecule has 1 aliphatic rings. The Bertz CT molecular complexity index is 441. The van der Waals surface area contributed by atoms with Crippen LogP contribution in [0, 0.1) is 0 Å². The summed E-state index contributed by atoms with van der Waals surface area (Å²) in [5.74, 6) is -0.921. The molecule has 0 radical (unpaired) electrons. The summed E-state index contributed by atoms with van der Waals surface area (Å²) in [6.45, 7) is 0.762. The molecular formula is C13H16N2O2. The topological polar surface area (TPSA) is 62.2 Å². The van der Waals surface area contributed by atoms with E-state index in [1.54, 1.807) is 6.20 Å². The van der Waals surface area contributed by atoms with Crippen LogP contribution in [0.4, 0.5) is 5.69 Å². The molecule has 0 saturated carbocycles. The van der Waals surface area contributed by atoms with E-state index in [2.05, 4.69) is 16.4 Å². The molecule has 0 unspecified atom stereocenters. The van der Waals surface area contributed by atoms with Gasteiger partial charge in [-0.2, -0.15) is 0 Å². The molecule has 0 amide bonds. The second-order valence-electron chi connectivity index (χ2n) is 4.16. The van der Waals surface area contributed by atoms with Gasteiger partial charge in [0.1, 0.15) is 0 Å². The summed E-state index contributed by atoms with van der Waals surface area (Å²) in [4.78, 5) is 14.9. The number of carbonyl (C=O) groups is 1. The van der Waals surface area contributed by atoms with Crippen LogP contribution in [0.25, 0.3) is 0 Å². The van der Waals surface area contributed by atoms with Gasteiger partial charge in [-0.3, -0.25) is 4.98 Å². The van der Waals surface area contributed by atoms with Gasteiger partial charge in [0.15, 0.2) is 0 Å². The van der Waals surface area contributed by atoms with Gasteiger partial charge in [-0.05, 0) is 31.7 Å². The lowest BCUT2D eigenvalue weighted by Crippen LogP contribution is -2.08. The fourth-order valence-electron chi connectivity index (χ4n) is 2.04. The number of carboxylic acid groups (broad SMARTS) is 1. The highest BCUT2D eigenvalue weighted by atomic mass is 16.4. The number of aromatic carboxylic acids is 1. The molecule has 0 aliphatic heterocycles. The number of carboxylic acids is 1. The van der Waals surface area contributed by atoms with Crippen LogP contribution in [0.5, 0.6) is 0 Å². The van der Waals surface area contributed by atoms with Crippen molar-refractivity contribution in [1.82, 2.24) is 4.98 Å². The molecule has 0 atom stereocenters. The van der Waals surface area contributed by atoms with Crippen molar-refractivity contribution in [2.45, 2.75) is 25.7 Å². The van der Waals surface area contributed by atoms with E-state index in [0.29, 0.717) is 5.69 Å². The van der Waals surface area contributed by atoms with Gasteiger partial charge in [-0.15, -0.1) is 0 Å². The Labute approximate surface area is 100 Å². The van der Waals surface area contributed by atoms with E-state index in [4.69, 9.17) is 5.11 Å². The maximum Gasteiger partial charge on any atom is 0.337 e. The number of pyridine rings is 1. The second-order valence-corrected chi connectivity index (χ2v) is 4.16. The van der Waals surface area contributed by atoms with Crippen LogP contribution >= 0.6 is 0 Å². The largest absolute Gasteiger partial charge is 0.478 e. The minimum Gasteiger partial charge on any atom is -0.478 e. The summed E-state index contributed by atoms with van der Waals surface area (Å²) in [7, 11) is 0. The fourth-order valence-corrected chi connectivity index (χ4v) is 2.04. The number of nitrogens with zero attached hydrogens (tertiary/aromatic N) is 1. The van der Waals surface area contributed by atoms with E-state index in [1.165, 1.54) is 37.1 Å². The van der Waals surface area contributed by atoms with Gasteiger partial charge in [0.25, 0.3) is 0 Å². The quantitative estimate of drug-likeness (QED) is 0.766. The molecule has 2 rings (SSSR count). The van der Waals surface area contributed by atoms with Crippen LogP contribution < -0.4 is 5.32 Å². The van der Waals surface area contributed by atoms with Crippen molar-refractivity contribution in [1.29, 1.82) is 0 Å². The third-order valence-corrected chi connectivity index (χ3v) is 2.95. The molecule has 1 aromatic rings. The second kappa shape index (κ2) is 5.48. The average molecular weight is 232 g/mol. The van der Waals surface area contributed by atoms with Crippen molar-refractivity contribution in [2.75, 3.05) is 11.9 Å². The molecular weight excluding hydrogens is 216 g/mol. The SMILES string of the molecule is O=C(O)c1ccncc1NCCC1=CCCC1. The number of anilines is 1. The van der Waals surface area contributed by atoms with Gasteiger partial charge in [0.05, 0.1) is 17.4 Å². The molecule has 90 valence electrons. The Morgan fingerprint density at radius 3 is 3.12 bits per heavy atom. The predicted octanol–water partition coefficient (Wildman–Crippen LogP) is 2.69. The Kier molecular flexibility index (Phi) is 3.75. The lowest BCUT2D eigenvalue weighted by molar-refractivity contribution is 0.0698. The van der Waals surface area contributed by atoms with Crippen molar-refractivity contribution >= 4 is 11.7 Å². The third-order valence-electron chi connectivity index (χ3n) is 2.95. The van der Waals surface area contributed by atoms with Gasteiger partial charge < -0.3 is 10.4 Å². The van der Waals surface area contributed by atoms with Gasteiger partial charge in [-0.25, -0.2) is 4.79 Å². The summed E-state index contributed by atoms with van der Waals surface area (Å²) in [6, 6.07) is 1.51. The predicted molar refractivity (Wildman–Crippen MR) is 66.2 cm³/mol. The molecule has 0 aromatic carbocycles. The van der Waals surface area contributed by atoms with Gasteiger partial charge >= 0.3 is 5.97 Å². The van der Waals surface area contributed by atoms with E-state index < -0.39 is 5.97 Å². The highest BCUT2D eigenvalue weighted by molar-refractivity contribution is 5.93. The van der Waals surface area contributed by atoms with Crippen LogP contribution in [0.3, 0.4) is 0 Å². The first-order chi connectivity index (χ1) is 8.27. The maximum atomic E-state index is 11.0. The zero-order valence-electron chi connectivity index (χ0n) is 9.65. The molecule has 4 heteroatoms. The lowest BCUT2D eigenvalue weighted by Gasteiger charge is -2.09. The number of aromatic nitrogens is 1. The minimum absolute atomic E-state index is 0.278. The molecule has 2 N–H and O–H groups in total. The first-order valence-corrected chi connectivity index (χ1v) is 5.86. The molecule has 0 bridgehead atoms. The number of hydrogen-bond donors (Lipinski definition) is 2. The van der Waals surface area contributed by atoms with Crippen LogP contribution in [-0.4, -0.2) is 22.6 Å². The summed E-state index contributed by atoms with van der Waals surface area (Å²) < 4.78 is 0. The number of nitrogens with one attached hydrogen (secondary N) is 1. The van der Waals surface area contributed by atoms with E-state index in [9.17, 15) is 4.79 Å². The highest BCUT2D eigenvalue weighted by Crippen LogP contribution is 2.21. The summed E-state index contributed by atoms with van der Waals surface area (Å²) in [6.07, 6.45) is 9.93. The van der Waals surface area contributed by atoms with Crippen molar-refractivity contribution in [3.05, 3.63) is 35.7 Å². The monoisotopic (exact) mass is 232 g/mol. The first-order valence-electron chi connectivity index (χ1n) is 5.86. The standard InChI is InChI=1S/C13H16N2O2/c16-13(17)11-6-7-14-9-12(11)15-8-5-10-3-1-2-4-10/h3,6-7,9,15H,1-2,4-5,8H2,(H,16,17). The van der Waals surface area contributed by atoms with E-state index in [0.717, 1.165) is 13.0 Å². The van der Waals surface area contributed by atoms with Crippen LogP contribution in [0.15, 0.2) is 30.1 Å². The Morgan fingerprint density at radius 2 is 2.41 bits per heavy atom. The van der Waals surface area contributed by atoms with Crippen molar-refractivity contribution in [2.24, 2.45) is 0 Å². The summed E-state index contributed by atoms with van der Waals surface area (Å²) in [5, 5.41) is 12.1. The zero-order valence-corrected chi connectivity index (χ0v) is 9.65. The first kappa shape index (κ1) is 11.6. The molecule has 0 fully saturated rings. The number of allylic oxidation sites excluding steroid dienone is 1. The molecule has 17 heavy (non-hydrogen) atoms. The van der Waals surface area contributed by atoms with Crippen molar-refractivity contribution in [3.8, 4) is 0 Å². The van der Waals surface area contributed by atoms with E-state index in [-0.39, 0.29) is 5.56 Å². The maximum absolute atomic E-state index is 11.0. The van der Waals surface area contributed by atoms with Gasteiger partial charge in [-0.1, -0.05) is 11.6 Å². The van der Waals surface area contributed by atoms with E-state index >= 15 is 0 Å². The van der Waals surface area contributed by atoms with Crippen LogP contribution in [0.1, 0.15) is 36.0 Å².